The Hall–Kier alpha value is -1.09. The van der Waals surface area contributed by atoms with E-state index >= 15 is 0 Å². The first-order valence-corrected chi connectivity index (χ1v) is 7.57. The summed E-state index contributed by atoms with van der Waals surface area (Å²) < 4.78 is 0. The maximum atomic E-state index is 5.72. The van der Waals surface area contributed by atoms with E-state index < -0.39 is 0 Å². The summed E-state index contributed by atoms with van der Waals surface area (Å²) in [5, 5.41) is 0. The standard InChI is InChI=1S/C16H24N2S/c1-4-16(5-2)8-9-18(11-16)13-6-7-14(15(17)19)12(3)10-13/h6-7,10H,4-5,8-9,11H2,1-3H3,(H2,17,19). The molecular formula is C16H24N2S. The number of nitrogens with two attached hydrogens (primary N) is 1. The van der Waals surface area contributed by atoms with E-state index in [1.54, 1.807) is 0 Å². The second-order valence-electron chi connectivity index (χ2n) is 5.74. The molecule has 0 amide bonds. The summed E-state index contributed by atoms with van der Waals surface area (Å²) in [5.41, 5.74) is 9.71. The molecule has 1 aliphatic heterocycles. The van der Waals surface area contributed by atoms with Crippen LogP contribution < -0.4 is 10.6 Å². The molecule has 0 spiro atoms. The lowest BCUT2D eigenvalue weighted by Crippen LogP contribution is -2.26. The summed E-state index contributed by atoms with van der Waals surface area (Å²) in [6, 6.07) is 6.43. The van der Waals surface area contributed by atoms with Crippen LogP contribution in [-0.2, 0) is 0 Å². The summed E-state index contributed by atoms with van der Waals surface area (Å²) in [6.07, 6.45) is 3.84. The van der Waals surface area contributed by atoms with Crippen molar-refractivity contribution in [2.45, 2.75) is 40.0 Å². The maximum Gasteiger partial charge on any atom is 0.104 e. The van der Waals surface area contributed by atoms with Crippen LogP contribution in [0.15, 0.2) is 18.2 Å². The number of benzene rings is 1. The van der Waals surface area contributed by atoms with Crippen molar-refractivity contribution in [1.82, 2.24) is 0 Å². The lowest BCUT2D eigenvalue weighted by Gasteiger charge is -2.27. The molecule has 3 heteroatoms. The summed E-state index contributed by atoms with van der Waals surface area (Å²) in [6.45, 7) is 9.04. The highest BCUT2D eigenvalue weighted by Crippen LogP contribution is 2.39. The van der Waals surface area contributed by atoms with Gasteiger partial charge in [-0.1, -0.05) is 26.1 Å². The van der Waals surface area contributed by atoms with Gasteiger partial charge in [-0.2, -0.15) is 0 Å². The topological polar surface area (TPSA) is 29.3 Å². The van der Waals surface area contributed by atoms with Gasteiger partial charge < -0.3 is 10.6 Å². The number of rotatable bonds is 4. The van der Waals surface area contributed by atoms with E-state index in [2.05, 4.69) is 43.9 Å². The summed E-state index contributed by atoms with van der Waals surface area (Å²) in [4.78, 5) is 2.99. The van der Waals surface area contributed by atoms with Crippen molar-refractivity contribution in [3.8, 4) is 0 Å². The Bertz CT molecular complexity index is 478. The Labute approximate surface area is 122 Å². The molecule has 2 nitrogen and oxygen atoms in total. The van der Waals surface area contributed by atoms with Crippen molar-refractivity contribution in [1.29, 1.82) is 0 Å². The van der Waals surface area contributed by atoms with E-state index in [1.807, 2.05) is 0 Å². The van der Waals surface area contributed by atoms with Crippen LogP contribution in [0.2, 0.25) is 0 Å². The summed E-state index contributed by atoms with van der Waals surface area (Å²) in [5.74, 6) is 0. The molecular weight excluding hydrogens is 252 g/mol. The smallest absolute Gasteiger partial charge is 0.104 e. The first-order valence-electron chi connectivity index (χ1n) is 7.17. The van der Waals surface area contributed by atoms with Crippen LogP contribution in [0.25, 0.3) is 0 Å². The van der Waals surface area contributed by atoms with E-state index in [4.69, 9.17) is 18.0 Å². The van der Waals surface area contributed by atoms with Gasteiger partial charge in [-0.25, -0.2) is 0 Å². The molecule has 1 fully saturated rings. The highest BCUT2D eigenvalue weighted by Gasteiger charge is 2.34. The molecule has 1 heterocycles. The van der Waals surface area contributed by atoms with Gasteiger partial charge >= 0.3 is 0 Å². The van der Waals surface area contributed by atoms with Crippen molar-refractivity contribution in [3.63, 3.8) is 0 Å². The summed E-state index contributed by atoms with van der Waals surface area (Å²) >= 11 is 5.07. The Kier molecular flexibility index (Phi) is 4.14. The third kappa shape index (κ3) is 2.76. The van der Waals surface area contributed by atoms with Gasteiger partial charge in [0.2, 0.25) is 0 Å². The van der Waals surface area contributed by atoms with E-state index in [1.165, 1.54) is 37.1 Å². The zero-order valence-electron chi connectivity index (χ0n) is 12.2. The fourth-order valence-electron chi connectivity index (χ4n) is 3.10. The van der Waals surface area contributed by atoms with Gasteiger partial charge in [0, 0.05) is 24.3 Å². The maximum absolute atomic E-state index is 5.72. The van der Waals surface area contributed by atoms with Crippen LogP contribution in [0.5, 0.6) is 0 Å². The molecule has 0 saturated carbocycles. The number of nitrogens with zero attached hydrogens (tertiary/aromatic N) is 1. The number of thiocarbonyl (C=S) groups is 1. The normalized spacial score (nSPS) is 17.7. The average molecular weight is 276 g/mol. The summed E-state index contributed by atoms with van der Waals surface area (Å²) in [7, 11) is 0. The van der Waals surface area contributed by atoms with Gasteiger partial charge in [-0.05, 0) is 55.4 Å². The molecule has 0 unspecified atom stereocenters. The van der Waals surface area contributed by atoms with Crippen molar-refractivity contribution in [2.24, 2.45) is 11.1 Å². The first-order chi connectivity index (χ1) is 9.01. The van der Waals surface area contributed by atoms with Crippen LogP contribution in [0, 0.1) is 12.3 Å². The van der Waals surface area contributed by atoms with Crippen molar-refractivity contribution >= 4 is 22.9 Å². The van der Waals surface area contributed by atoms with Gasteiger partial charge in [-0.3, -0.25) is 0 Å². The molecule has 104 valence electrons. The minimum atomic E-state index is 0.488. The van der Waals surface area contributed by atoms with E-state index in [9.17, 15) is 0 Å². The van der Waals surface area contributed by atoms with Crippen LogP contribution in [0.4, 0.5) is 5.69 Å². The van der Waals surface area contributed by atoms with Gasteiger partial charge in [0.15, 0.2) is 0 Å². The molecule has 0 radical (unpaired) electrons. The SMILES string of the molecule is CCC1(CC)CCN(c2ccc(C(N)=S)c(C)c2)C1. The van der Waals surface area contributed by atoms with Crippen molar-refractivity contribution in [2.75, 3.05) is 18.0 Å². The van der Waals surface area contributed by atoms with Crippen LogP contribution in [0.3, 0.4) is 0 Å². The molecule has 0 aliphatic carbocycles. The second-order valence-corrected chi connectivity index (χ2v) is 6.18. The lowest BCUT2D eigenvalue weighted by molar-refractivity contribution is 0.301. The fraction of sp³-hybridized carbons (Fsp3) is 0.562. The molecule has 0 aromatic heterocycles. The number of hydrogen-bond donors (Lipinski definition) is 1. The average Bonchev–Trinajstić information content (AvgIpc) is 2.83. The number of hydrogen-bond acceptors (Lipinski definition) is 2. The molecule has 2 rings (SSSR count). The molecule has 0 bridgehead atoms. The van der Waals surface area contributed by atoms with Gasteiger partial charge in [-0.15, -0.1) is 0 Å². The van der Waals surface area contributed by atoms with Gasteiger partial charge in [0.25, 0.3) is 0 Å². The first kappa shape index (κ1) is 14.3. The van der Waals surface area contributed by atoms with Crippen LogP contribution >= 0.6 is 12.2 Å². The monoisotopic (exact) mass is 276 g/mol. The van der Waals surface area contributed by atoms with E-state index in [-0.39, 0.29) is 0 Å². The number of aryl methyl sites for hydroxylation is 1. The van der Waals surface area contributed by atoms with E-state index in [0.29, 0.717) is 10.4 Å². The van der Waals surface area contributed by atoms with E-state index in [0.717, 1.165) is 12.1 Å². The van der Waals surface area contributed by atoms with Crippen molar-refractivity contribution < 1.29 is 0 Å². The molecule has 2 N–H and O–H groups in total. The van der Waals surface area contributed by atoms with Crippen LogP contribution in [0.1, 0.15) is 44.2 Å². The molecule has 1 aromatic rings. The zero-order valence-corrected chi connectivity index (χ0v) is 13.0. The molecule has 0 atom stereocenters. The Morgan fingerprint density at radius 3 is 2.53 bits per heavy atom. The molecule has 1 saturated heterocycles. The third-order valence-electron chi connectivity index (χ3n) is 4.78. The highest BCUT2D eigenvalue weighted by atomic mass is 32.1. The predicted octanol–water partition coefficient (Wildman–Crippen LogP) is 3.65. The van der Waals surface area contributed by atoms with Gasteiger partial charge in [0.1, 0.15) is 4.99 Å². The Morgan fingerprint density at radius 1 is 1.37 bits per heavy atom. The largest absolute Gasteiger partial charge is 0.389 e. The molecule has 1 aliphatic rings. The number of anilines is 1. The molecule has 19 heavy (non-hydrogen) atoms. The minimum Gasteiger partial charge on any atom is -0.389 e. The predicted molar refractivity (Wildman–Crippen MR) is 86.9 cm³/mol. The Balaban J connectivity index is 2.21. The van der Waals surface area contributed by atoms with Crippen molar-refractivity contribution in [3.05, 3.63) is 29.3 Å². The Morgan fingerprint density at radius 2 is 2.05 bits per heavy atom. The quantitative estimate of drug-likeness (QED) is 0.851. The zero-order chi connectivity index (χ0) is 14.0. The second kappa shape index (κ2) is 5.49. The fourth-order valence-corrected chi connectivity index (χ4v) is 3.33. The highest BCUT2D eigenvalue weighted by molar-refractivity contribution is 7.80. The minimum absolute atomic E-state index is 0.488. The molecule has 1 aromatic carbocycles. The van der Waals surface area contributed by atoms with Crippen LogP contribution in [-0.4, -0.2) is 18.1 Å². The third-order valence-corrected chi connectivity index (χ3v) is 5.00. The van der Waals surface area contributed by atoms with Gasteiger partial charge in [0.05, 0.1) is 0 Å². The lowest BCUT2D eigenvalue weighted by atomic mass is 9.82.